The third kappa shape index (κ3) is 5.33. The van der Waals surface area contributed by atoms with Crippen molar-refractivity contribution in [2.45, 2.75) is 58.1 Å². The van der Waals surface area contributed by atoms with Crippen LogP contribution in [0.2, 0.25) is 0 Å². The number of nitrogens with zero attached hydrogens (tertiary/aromatic N) is 1. The van der Waals surface area contributed by atoms with Crippen LogP contribution in [-0.4, -0.2) is 42.4 Å². The van der Waals surface area contributed by atoms with Crippen molar-refractivity contribution in [3.8, 4) is 5.75 Å². The van der Waals surface area contributed by atoms with Gasteiger partial charge in [0.15, 0.2) is 0 Å². The van der Waals surface area contributed by atoms with Gasteiger partial charge in [0.25, 0.3) is 0 Å². The predicted molar refractivity (Wildman–Crippen MR) is 86.9 cm³/mol. The topological polar surface area (TPSA) is 32.7 Å². The molecule has 0 aromatic heterocycles. The number of rotatable bonds is 6. The van der Waals surface area contributed by atoms with Gasteiger partial charge in [0.1, 0.15) is 18.5 Å². The van der Waals surface area contributed by atoms with Crippen LogP contribution in [0.25, 0.3) is 0 Å². The van der Waals surface area contributed by atoms with Gasteiger partial charge < -0.3 is 14.7 Å². The number of aliphatic hydroxyl groups is 1. The fourth-order valence-corrected chi connectivity index (χ4v) is 3.26. The molecule has 1 fully saturated rings. The van der Waals surface area contributed by atoms with E-state index in [1.165, 1.54) is 43.2 Å². The molecule has 3 heteroatoms. The minimum absolute atomic E-state index is 0.361. The first-order valence-corrected chi connectivity index (χ1v) is 8.14. The summed E-state index contributed by atoms with van der Waals surface area (Å²) in [7, 11) is 2.12. The Balaban J connectivity index is 1.77. The standard InChI is InChI=1S/C18H29NO2/c1-14-9-15(2)11-18(10-14)21-13-17(20)12-19(3)16-7-5-4-6-8-16/h9-11,16-17,20H,4-8,12-13H2,1-3H3/t17-/m0/s1. The lowest BCUT2D eigenvalue weighted by Crippen LogP contribution is -2.40. The Kier molecular flexibility index (Phi) is 6.07. The van der Waals surface area contributed by atoms with Crippen molar-refractivity contribution in [2.24, 2.45) is 0 Å². The highest BCUT2D eigenvalue weighted by atomic mass is 16.5. The summed E-state index contributed by atoms with van der Waals surface area (Å²) in [4.78, 5) is 2.30. The maximum absolute atomic E-state index is 10.2. The molecule has 0 aliphatic heterocycles. The molecule has 1 atom stereocenters. The fraction of sp³-hybridized carbons (Fsp3) is 0.667. The van der Waals surface area contributed by atoms with E-state index in [1.54, 1.807) is 0 Å². The van der Waals surface area contributed by atoms with Crippen LogP contribution >= 0.6 is 0 Å². The van der Waals surface area contributed by atoms with Crippen molar-refractivity contribution in [1.29, 1.82) is 0 Å². The smallest absolute Gasteiger partial charge is 0.119 e. The zero-order valence-corrected chi connectivity index (χ0v) is 13.6. The minimum atomic E-state index is -0.433. The highest BCUT2D eigenvalue weighted by Gasteiger charge is 2.20. The van der Waals surface area contributed by atoms with Gasteiger partial charge in [0, 0.05) is 12.6 Å². The Hall–Kier alpha value is -1.06. The van der Waals surface area contributed by atoms with Crippen molar-refractivity contribution in [3.05, 3.63) is 29.3 Å². The van der Waals surface area contributed by atoms with Gasteiger partial charge in [-0.25, -0.2) is 0 Å². The molecule has 0 heterocycles. The molecule has 0 spiro atoms. The van der Waals surface area contributed by atoms with Crippen LogP contribution in [0.15, 0.2) is 18.2 Å². The molecular weight excluding hydrogens is 262 g/mol. The Morgan fingerprint density at radius 3 is 2.38 bits per heavy atom. The Labute approximate surface area is 128 Å². The zero-order valence-electron chi connectivity index (χ0n) is 13.6. The van der Waals surface area contributed by atoms with E-state index in [9.17, 15) is 5.11 Å². The summed E-state index contributed by atoms with van der Waals surface area (Å²) in [6.45, 7) is 5.18. The van der Waals surface area contributed by atoms with E-state index in [-0.39, 0.29) is 0 Å². The van der Waals surface area contributed by atoms with Crippen LogP contribution in [0, 0.1) is 13.8 Å². The second kappa shape index (κ2) is 7.81. The molecule has 1 N–H and O–H groups in total. The van der Waals surface area contributed by atoms with Gasteiger partial charge in [0.2, 0.25) is 0 Å². The predicted octanol–water partition coefficient (Wildman–Crippen LogP) is 3.31. The van der Waals surface area contributed by atoms with E-state index < -0.39 is 6.10 Å². The van der Waals surface area contributed by atoms with Gasteiger partial charge in [0.05, 0.1) is 0 Å². The summed E-state index contributed by atoms with van der Waals surface area (Å²) in [5.74, 6) is 0.854. The fourth-order valence-electron chi connectivity index (χ4n) is 3.26. The first-order valence-electron chi connectivity index (χ1n) is 8.14. The quantitative estimate of drug-likeness (QED) is 0.873. The van der Waals surface area contributed by atoms with Crippen molar-refractivity contribution < 1.29 is 9.84 Å². The number of ether oxygens (including phenoxy) is 1. The van der Waals surface area contributed by atoms with E-state index in [1.807, 2.05) is 12.1 Å². The summed E-state index contributed by atoms with van der Waals surface area (Å²) in [5, 5.41) is 10.2. The monoisotopic (exact) mass is 291 g/mol. The molecule has 2 rings (SSSR count). The van der Waals surface area contributed by atoms with Crippen LogP contribution in [-0.2, 0) is 0 Å². The molecule has 21 heavy (non-hydrogen) atoms. The van der Waals surface area contributed by atoms with Crippen molar-refractivity contribution in [3.63, 3.8) is 0 Å². The highest BCUT2D eigenvalue weighted by molar-refractivity contribution is 5.32. The Morgan fingerprint density at radius 2 is 1.76 bits per heavy atom. The lowest BCUT2D eigenvalue weighted by Gasteiger charge is -2.32. The van der Waals surface area contributed by atoms with Crippen LogP contribution in [0.3, 0.4) is 0 Å². The molecule has 1 aromatic carbocycles. The first-order chi connectivity index (χ1) is 10.0. The number of aryl methyl sites for hydroxylation is 2. The summed E-state index contributed by atoms with van der Waals surface area (Å²) in [6, 6.07) is 6.80. The average molecular weight is 291 g/mol. The second-order valence-electron chi connectivity index (χ2n) is 6.52. The summed E-state index contributed by atoms with van der Waals surface area (Å²) in [5.41, 5.74) is 2.39. The molecule has 3 nitrogen and oxygen atoms in total. The highest BCUT2D eigenvalue weighted by Crippen LogP contribution is 2.22. The number of aliphatic hydroxyl groups excluding tert-OH is 1. The maximum Gasteiger partial charge on any atom is 0.119 e. The van der Waals surface area contributed by atoms with E-state index >= 15 is 0 Å². The Bertz CT molecular complexity index is 421. The van der Waals surface area contributed by atoms with Gasteiger partial charge in [-0.1, -0.05) is 25.3 Å². The molecular formula is C18H29NO2. The van der Waals surface area contributed by atoms with Gasteiger partial charge >= 0.3 is 0 Å². The number of benzene rings is 1. The lowest BCUT2D eigenvalue weighted by atomic mass is 9.94. The van der Waals surface area contributed by atoms with Gasteiger partial charge in [-0.2, -0.15) is 0 Å². The molecule has 0 unspecified atom stereocenters. The van der Waals surface area contributed by atoms with Crippen molar-refractivity contribution in [1.82, 2.24) is 4.90 Å². The van der Waals surface area contributed by atoms with Gasteiger partial charge in [-0.3, -0.25) is 0 Å². The number of hydrogen-bond acceptors (Lipinski definition) is 3. The molecule has 1 saturated carbocycles. The molecule has 118 valence electrons. The van der Waals surface area contributed by atoms with Crippen LogP contribution in [0.1, 0.15) is 43.2 Å². The van der Waals surface area contributed by atoms with Gasteiger partial charge in [-0.05, 0) is 57.0 Å². The number of hydrogen-bond donors (Lipinski definition) is 1. The van der Waals surface area contributed by atoms with Crippen molar-refractivity contribution >= 4 is 0 Å². The third-order valence-corrected chi connectivity index (χ3v) is 4.33. The molecule has 0 bridgehead atoms. The van der Waals surface area contributed by atoms with Crippen LogP contribution in [0.4, 0.5) is 0 Å². The summed E-state index contributed by atoms with van der Waals surface area (Å²) in [6.07, 6.45) is 6.11. The summed E-state index contributed by atoms with van der Waals surface area (Å²) < 4.78 is 5.74. The maximum atomic E-state index is 10.2. The largest absolute Gasteiger partial charge is 0.491 e. The SMILES string of the molecule is Cc1cc(C)cc(OC[C@@H](O)CN(C)C2CCCCC2)c1. The molecule has 0 saturated heterocycles. The minimum Gasteiger partial charge on any atom is -0.491 e. The average Bonchev–Trinajstić information content (AvgIpc) is 2.45. The molecule has 1 aromatic rings. The molecule has 0 amide bonds. The normalized spacial score (nSPS) is 18.0. The summed E-state index contributed by atoms with van der Waals surface area (Å²) >= 11 is 0. The van der Waals surface area contributed by atoms with Crippen LogP contribution in [0.5, 0.6) is 5.75 Å². The zero-order chi connectivity index (χ0) is 15.2. The van der Waals surface area contributed by atoms with Crippen molar-refractivity contribution in [2.75, 3.05) is 20.2 Å². The number of likely N-dealkylation sites (N-methyl/N-ethyl adjacent to an activating group) is 1. The second-order valence-corrected chi connectivity index (χ2v) is 6.52. The van der Waals surface area contributed by atoms with E-state index in [4.69, 9.17) is 4.74 Å². The lowest BCUT2D eigenvalue weighted by molar-refractivity contribution is 0.0561. The molecule has 1 aliphatic carbocycles. The first kappa shape index (κ1) is 16.3. The molecule has 1 aliphatic rings. The molecule has 0 radical (unpaired) electrons. The third-order valence-electron chi connectivity index (χ3n) is 4.33. The van der Waals surface area contributed by atoms with Gasteiger partial charge in [-0.15, -0.1) is 0 Å². The van der Waals surface area contributed by atoms with E-state index in [0.29, 0.717) is 19.2 Å². The van der Waals surface area contributed by atoms with E-state index in [2.05, 4.69) is 31.9 Å². The van der Waals surface area contributed by atoms with Crippen LogP contribution < -0.4 is 4.74 Å². The van der Waals surface area contributed by atoms with E-state index in [0.717, 1.165) is 5.75 Å². The Morgan fingerprint density at radius 1 is 1.14 bits per heavy atom.